The maximum absolute atomic E-state index is 11.8. The van der Waals surface area contributed by atoms with E-state index >= 15 is 0 Å². The second-order valence-corrected chi connectivity index (χ2v) is 4.67. The van der Waals surface area contributed by atoms with E-state index in [1.54, 1.807) is 0 Å². The number of aliphatic hydroxyl groups is 1. The zero-order valence-electron chi connectivity index (χ0n) is 8.78. The first-order valence-corrected chi connectivity index (χ1v) is 5.52. The second kappa shape index (κ2) is 3.94. The zero-order valence-corrected chi connectivity index (χ0v) is 8.78. The number of carbonyl (C=O) groups is 1. The summed E-state index contributed by atoms with van der Waals surface area (Å²) in [5, 5.41) is 12.2. The van der Waals surface area contributed by atoms with Crippen LogP contribution in [0.2, 0.25) is 0 Å². The van der Waals surface area contributed by atoms with Gasteiger partial charge < -0.3 is 16.2 Å². The molecule has 2 rings (SSSR count). The van der Waals surface area contributed by atoms with Gasteiger partial charge in [0.1, 0.15) is 0 Å². The van der Waals surface area contributed by atoms with Crippen LogP contribution in [0.15, 0.2) is 12.2 Å². The summed E-state index contributed by atoms with van der Waals surface area (Å²) in [5.41, 5.74) is 5.35. The van der Waals surface area contributed by atoms with E-state index in [9.17, 15) is 9.90 Å². The van der Waals surface area contributed by atoms with Crippen molar-refractivity contribution in [2.24, 2.45) is 11.7 Å². The van der Waals surface area contributed by atoms with Crippen LogP contribution in [0.5, 0.6) is 0 Å². The van der Waals surface area contributed by atoms with Crippen LogP contribution in [0, 0.1) is 5.92 Å². The second-order valence-electron chi connectivity index (χ2n) is 4.67. The molecule has 0 radical (unpaired) electrons. The van der Waals surface area contributed by atoms with Gasteiger partial charge in [0.15, 0.2) is 0 Å². The summed E-state index contributed by atoms with van der Waals surface area (Å²) in [7, 11) is 0. The van der Waals surface area contributed by atoms with Gasteiger partial charge in [-0.25, -0.2) is 0 Å². The fraction of sp³-hybridized carbons (Fsp3) is 0.727. The minimum absolute atomic E-state index is 0.00668. The average molecular weight is 210 g/mol. The molecule has 0 aromatic carbocycles. The lowest BCUT2D eigenvalue weighted by Crippen LogP contribution is -2.57. The largest absolute Gasteiger partial charge is 0.394 e. The lowest BCUT2D eigenvalue weighted by molar-refractivity contribution is -0.127. The number of rotatable bonds is 3. The molecule has 0 bridgehead atoms. The topological polar surface area (TPSA) is 75.4 Å². The molecule has 15 heavy (non-hydrogen) atoms. The number of nitrogens with one attached hydrogen (secondary N) is 1. The molecule has 0 aromatic rings. The molecule has 1 amide bonds. The third kappa shape index (κ3) is 2.06. The van der Waals surface area contributed by atoms with E-state index in [0.717, 1.165) is 19.3 Å². The van der Waals surface area contributed by atoms with Gasteiger partial charge in [0.2, 0.25) is 5.91 Å². The van der Waals surface area contributed by atoms with Crippen molar-refractivity contribution in [2.75, 3.05) is 6.61 Å². The first-order valence-electron chi connectivity index (χ1n) is 5.52. The highest BCUT2D eigenvalue weighted by Crippen LogP contribution is 2.32. The van der Waals surface area contributed by atoms with Gasteiger partial charge in [-0.15, -0.1) is 0 Å². The third-order valence-electron chi connectivity index (χ3n) is 3.46. The molecule has 2 atom stereocenters. The molecular weight excluding hydrogens is 192 g/mol. The van der Waals surface area contributed by atoms with Gasteiger partial charge in [0, 0.05) is 6.04 Å². The molecule has 0 heterocycles. The van der Waals surface area contributed by atoms with E-state index in [-0.39, 0.29) is 30.0 Å². The van der Waals surface area contributed by atoms with Gasteiger partial charge in [-0.1, -0.05) is 12.2 Å². The van der Waals surface area contributed by atoms with Crippen molar-refractivity contribution < 1.29 is 9.90 Å². The van der Waals surface area contributed by atoms with Crippen LogP contribution >= 0.6 is 0 Å². The maximum atomic E-state index is 11.8. The predicted molar refractivity (Wildman–Crippen MR) is 57.0 cm³/mol. The SMILES string of the molecule is NC1C=CC(C(=O)NC2(CO)CCC2)C1. The molecule has 0 aliphatic heterocycles. The number of hydrogen-bond acceptors (Lipinski definition) is 3. The molecule has 4 heteroatoms. The molecule has 0 spiro atoms. The van der Waals surface area contributed by atoms with Crippen LogP contribution in [0.1, 0.15) is 25.7 Å². The summed E-state index contributed by atoms with van der Waals surface area (Å²) in [5.74, 6) is -0.100. The fourth-order valence-corrected chi connectivity index (χ4v) is 2.20. The maximum Gasteiger partial charge on any atom is 0.227 e. The fourth-order valence-electron chi connectivity index (χ4n) is 2.20. The van der Waals surface area contributed by atoms with E-state index in [1.807, 2.05) is 12.2 Å². The highest BCUT2D eigenvalue weighted by molar-refractivity contribution is 5.82. The molecule has 0 saturated heterocycles. The summed E-state index contributed by atoms with van der Waals surface area (Å²) in [4.78, 5) is 11.8. The summed E-state index contributed by atoms with van der Waals surface area (Å²) in [6.45, 7) is 0.0429. The lowest BCUT2D eigenvalue weighted by Gasteiger charge is -2.41. The molecule has 84 valence electrons. The van der Waals surface area contributed by atoms with Crippen LogP contribution in [-0.2, 0) is 4.79 Å². The summed E-state index contributed by atoms with van der Waals surface area (Å²) >= 11 is 0. The molecule has 2 aliphatic carbocycles. The van der Waals surface area contributed by atoms with E-state index in [2.05, 4.69) is 5.32 Å². The lowest BCUT2D eigenvalue weighted by atomic mass is 9.77. The van der Waals surface area contributed by atoms with E-state index in [0.29, 0.717) is 6.42 Å². The Labute approximate surface area is 89.5 Å². The van der Waals surface area contributed by atoms with Gasteiger partial charge in [0.05, 0.1) is 18.1 Å². The van der Waals surface area contributed by atoms with Crippen LogP contribution in [0.4, 0.5) is 0 Å². The molecule has 2 aliphatic rings. The summed E-state index contributed by atoms with van der Waals surface area (Å²) < 4.78 is 0. The van der Waals surface area contributed by atoms with E-state index < -0.39 is 0 Å². The van der Waals surface area contributed by atoms with Crippen molar-refractivity contribution in [1.29, 1.82) is 0 Å². The van der Waals surface area contributed by atoms with Gasteiger partial charge in [-0.2, -0.15) is 0 Å². The van der Waals surface area contributed by atoms with Crippen molar-refractivity contribution in [2.45, 2.75) is 37.3 Å². The predicted octanol–water partition coefficient (Wildman–Crippen LogP) is -0.0790. The van der Waals surface area contributed by atoms with Gasteiger partial charge >= 0.3 is 0 Å². The van der Waals surface area contributed by atoms with Crippen molar-refractivity contribution >= 4 is 5.91 Å². The molecule has 4 nitrogen and oxygen atoms in total. The van der Waals surface area contributed by atoms with Crippen molar-refractivity contribution in [1.82, 2.24) is 5.32 Å². The van der Waals surface area contributed by atoms with Crippen LogP contribution in [0.25, 0.3) is 0 Å². The first kappa shape index (κ1) is 10.6. The number of aliphatic hydroxyl groups excluding tert-OH is 1. The van der Waals surface area contributed by atoms with Gasteiger partial charge in [-0.3, -0.25) is 4.79 Å². The number of hydrogen-bond donors (Lipinski definition) is 3. The van der Waals surface area contributed by atoms with E-state index in [4.69, 9.17) is 5.73 Å². The van der Waals surface area contributed by atoms with Crippen LogP contribution in [-0.4, -0.2) is 29.2 Å². The Morgan fingerprint density at radius 3 is 2.67 bits per heavy atom. The normalized spacial score (nSPS) is 32.4. The first-order chi connectivity index (χ1) is 7.15. The van der Waals surface area contributed by atoms with Crippen molar-refractivity contribution in [3.05, 3.63) is 12.2 Å². The van der Waals surface area contributed by atoms with Crippen LogP contribution in [0.3, 0.4) is 0 Å². The van der Waals surface area contributed by atoms with Crippen molar-refractivity contribution in [3.8, 4) is 0 Å². The Kier molecular flexibility index (Phi) is 2.80. The third-order valence-corrected chi connectivity index (χ3v) is 3.46. The number of carbonyl (C=O) groups excluding carboxylic acids is 1. The quantitative estimate of drug-likeness (QED) is 0.570. The molecule has 0 aromatic heterocycles. The Hall–Kier alpha value is -0.870. The molecular formula is C11H18N2O2. The smallest absolute Gasteiger partial charge is 0.227 e. The molecule has 1 saturated carbocycles. The zero-order chi connectivity index (χ0) is 10.9. The monoisotopic (exact) mass is 210 g/mol. The van der Waals surface area contributed by atoms with Gasteiger partial charge in [-0.05, 0) is 25.7 Å². The molecule has 1 fully saturated rings. The van der Waals surface area contributed by atoms with Crippen LogP contribution < -0.4 is 11.1 Å². The number of amides is 1. The Morgan fingerprint density at radius 1 is 1.53 bits per heavy atom. The summed E-state index contributed by atoms with van der Waals surface area (Å²) in [6, 6.07) is 0.00668. The highest BCUT2D eigenvalue weighted by atomic mass is 16.3. The van der Waals surface area contributed by atoms with E-state index in [1.165, 1.54) is 0 Å². The minimum Gasteiger partial charge on any atom is -0.394 e. The standard InChI is InChI=1S/C11H18N2O2/c12-9-3-2-8(6-9)10(15)13-11(7-14)4-1-5-11/h2-3,8-9,14H,1,4-7,12H2,(H,13,15). The minimum atomic E-state index is -0.336. The Morgan fingerprint density at radius 2 is 2.27 bits per heavy atom. The Bertz CT molecular complexity index is 279. The summed E-state index contributed by atoms with van der Waals surface area (Å²) in [6.07, 6.45) is 7.28. The van der Waals surface area contributed by atoms with Crippen molar-refractivity contribution in [3.63, 3.8) is 0 Å². The molecule has 2 unspecified atom stereocenters. The van der Waals surface area contributed by atoms with Gasteiger partial charge in [0.25, 0.3) is 0 Å². The average Bonchev–Trinajstić information content (AvgIpc) is 2.58. The molecule has 4 N–H and O–H groups in total. The Balaban J connectivity index is 1.89. The highest BCUT2D eigenvalue weighted by Gasteiger charge is 2.39. The number of nitrogens with two attached hydrogens (primary N) is 1.